The van der Waals surface area contributed by atoms with E-state index in [2.05, 4.69) is 19.2 Å². The minimum Gasteiger partial charge on any atom is -0.490 e. The minimum absolute atomic E-state index is 0.152. The number of halogens is 1. The molecule has 0 fully saturated rings. The minimum atomic E-state index is -0.252. The largest absolute Gasteiger partial charge is 0.490 e. The van der Waals surface area contributed by atoms with E-state index in [1.807, 2.05) is 14.0 Å². The van der Waals surface area contributed by atoms with E-state index >= 15 is 0 Å². The molecule has 96 valence electrons. The summed E-state index contributed by atoms with van der Waals surface area (Å²) in [5, 5.41) is 3.15. The van der Waals surface area contributed by atoms with Gasteiger partial charge in [-0.15, -0.1) is 0 Å². The second-order valence-electron chi connectivity index (χ2n) is 4.25. The summed E-state index contributed by atoms with van der Waals surface area (Å²) in [5.41, 5.74) is 1.00. The third kappa shape index (κ3) is 3.70. The van der Waals surface area contributed by atoms with Crippen LogP contribution < -0.4 is 10.1 Å². The highest BCUT2D eigenvalue weighted by atomic mass is 19.1. The Morgan fingerprint density at radius 3 is 2.47 bits per heavy atom. The van der Waals surface area contributed by atoms with E-state index in [0.717, 1.165) is 18.4 Å². The average Bonchev–Trinajstić information content (AvgIpc) is 2.35. The Balaban J connectivity index is 2.98. The van der Waals surface area contributed by atoms with E-state index in [-0.39, 0.29) is 18.0 Å². The van der Waals surface area contributed by atoms with Gasteiger partial charge in [-0.25, -0.2) is 4.39 Å². The van der Waals surface area contributed by atoms with Gasteiger partial charge in [-0.05, 0) is 32.9 Å². The van der Waals surface area contributed by atoms with Crippen molar-refractivity contribution in [1.29, 1.82) is 0 Å². The Bertz CT molecular complexity index is 350. The van der Waals surface area contributed by atoms with Crippen LogP contribution in [0.2, 0.25) is 0 Å². The molecule has 1 atom stereocenters. The van der Waals surface area contributed by atoms with Crippen LogP contribution in [0.5, 0.6) is 5.75 Å². The molecule has 0 radical (unpaired) electrons. The Hall–Kier alpha value is -1.09. The topological polar surface area (TPSA) is 21.3 Å². The number of ether oxygens (including phenoxy) is 1. The van der Waals surface area contributed by atoms with Crippen LogP contribution in [0, 0.1) is 5.82 Å². The van der Waals surface area contributed by atoms with Gasteiger partial charge in [-0.3, -0.25) is 0 Å². The maximum absolute atomic E-state index is 13.3. The smallest absolute Gasteiger partial charge is 0.127 e. The molecule has 17 heavy (non-hydrogen) atoms. The molecule has 3 heteroatoms. The van der Waals surface area contributed by atoms with Crippen molar-refractivity contribution in [2.45, 2.75) is 45.8 Å². The van der Waals surface area contributed by atoms with Crippen molar-refractivity contribution in [2.24, 2.45) is 0 Å². The van der Waals surface area contributed by atoms with Crippen LogP contribution in [0.3, 0.4) is 0 Å². The van der Waals surface area contributed by atoms with Gasteiger partial charge in [0.25, 0.3) is 0 Å². The first-order valence-corrected chi connectivity index (χ1v) is 6.25. The summed E-state index contributed by atoms with van der Waals surface area (Å²) >= 11 is 0. The molecule has 0 spiro atoms. The standard InChI is InChI=1S/C14H22FNO/c1-5-12(6-2)17-14-9-11(15)7-8-13(14)10(3)16-4/h7-10,12,16H,5-6H2,1-4H3. The molecule has 0 saturated heterocycles. The zero-order chi connectivity index (χ0) is 12.8. The van der Waals surface area contributed by atoms with Gasteiger partial charge in [-0.2, -0.15) is 0 Å². The number of hydrogen-bond acceptors (Lipinski definition) is 2. The Morgan fingerprint density at radius 2 is 1.94 bits per heavy atom. The average molecular weight is 239 g/mol. The number of nitrogens with one attached hydrogen (secondary N) is 1. The molecule has 0 aromatic heterocycles. The van der Waals surface area contributed by atoms with Gasteiger partial charge in [0.1, 0.15) is 11.6 Å². The number of benzene rings is 1. The molecule has 0 bridgehead atoms. The summed E-state index contributed by atoms with van der Waals surface area (Å²) < 4.78 is 19.1. The van der Waals surface area contributed by atoms with E-state index < -0.39 is 0 Å². The van der Waals surface area contributed by atoms with Gasteiger partial charge >= 0.3 is 0 Å². The SMILES string of the molecule is CCC(CC)Oc1cc(F)ccc1C(C)NC. The summed E-state index contributed by atoms with van der Waals surface area (Å²) in [5.74, 6) is 0.401. The summed E-state index contributed by atoms with van der Waals surface area (Å²) in [6.45, 7) is 6.19. The molecule has 0 aliphatic rings. The van der Waals surface area contributed by atoms with Crippen LogP contribution >= 0.6 is 0 Å². The molecule has 1 N–H and O–H groups in total. The van der Waals surface area contributed by atoms with Crippen LogP contribution in [0.4, 0.5) is 4.39 Å². The molecule has 2 nitrogen and oxygen atoms in total. The molecular weight excluding hydrogens is 217 g/mol. The molecule has 1 aromatic rings. The van der Waals surface area contributed by atoms with E-state index in [1.165, 1.54) is 12.1 Å². The van der Waals surface area contributed by atoms with Crippen molar-refractivity contribution in [3.05, 3.63) is 29.6 Å². The first-order valence-electron chi connectivity index (χ1n) is 6.25. The summed E-state index contributed by atoms with van der Waals surface area (Å²) in [4.78, 5) is 0. The van der Waals surface area contributed by atoms with Crippen molar-refractivity contribution >= 4 is 0 Å². The van der Waals surface area contributed by atoms with E-state index in [1.54, 1.807) is 6.07 Å². The predicted octanol–water partition coefficient (Wildman–Crippen LogP) is 3.67. The van der Waals surface area contributed by atoms with Crippen molar-refractivity contribution < 1.29 is 9.13 Å². The fraction of sp³-hybridized carbons (Fsp3) is 0.571. The van der Waals surface area contributed by atoms with Gasteiger partial charge in [0.15, 0.2) is 0 Å². The third-order valence-corrected chi connectivity index (χ3v) is 3.08. The van der Waals surface area contributed by atoms with Gasteiger partial charge in [0, 0.05) is 17.7 Å². The van der Waals surface area contributed by atoms with Gasteiger partial charge in [-0.1, -0.05) is 19.9 Å². The van der Waals surface area contributed by atoms with E-state index in [9.17, 15) is 4.39 Å². The fourth-order valence-corrected chi connectivity index (χ4v) is 1.76. The van der Waals surface area contributed by atoms with Crippen LogP contribution in [0.1, 0.15) is 45.2 Å². The highest BCUT2D eigenvalue weighted by molar-refractivity contribution is 5.36. The first-order chi connectivity index (χ1) is 8.12. The van der Waals surface area contributed by atoms with Crippen molar-refractivity contribution in [2.75, 3.05) is 7.05 Å². The maximum atomic E-state index is 13.3. The van der Waals surface area contributed by atoms with Crippen LogP contribution in [0.15, 0.2) is 18.2 Å². The molecule has 0 amide bonds. The highest BCUT2D eigenvalue weighted by Crippen LogP contribution is 2.27. The molecule has 1 unspecified atom stereocenters. The van der Waals surface area contributed by atoms with Gasteiger partial charge < -0.3 is 10.1 Å². The monoisotopic (exact) mass is 239 g/mol. The van der Waals surface area contributed by atoms with Gasteiger partial charge in [0.05, 0.1) is 6.10 Å². The quantitative estimate of drug-likeness (QED) is 0.817. The third-order valence-electron chi connectivity index (χ3n) is 3.08. The molecule has 0 heterocycles. The highest BCUT2D eigenvalue weighted by Gasteiger charge is 2.14. The lowest BCUT2D eigenvalue weighted by Crippen LogP contribution is -2.18. The van der Waals surface area contributed by atoms with Crippen LogP contribution in [-0.4, -0.2) is 13.2 Å². The summed E-state index contributed by atoms with van der Waals surface area (Å²) in [6, 6.07) is 4.89. The molecular formula is C14H22FNO. The predicted molar refractivity (Wildman–Crippen MR) is 68.9 cm³/mol. The zero-order valence-electron chi connectivity index (χ0n) is 11.1. The molecule has 1 rings (SSSR count). The Kier molecular flexibility index (Phi) is 5.42. The van der Waals surface area contributed by atoms with Gasteiger partial charge in [0.2, 0.25) is 0 Å². The number of hydrogen-bond donors (Lipinski definition) is 1. The van der Waals surface area contributed by atoms with E-state index in [0.29, 0.717) is 5.75 Å². The molecule has 1 aromatic carbocycles. The molecule has 0 aliphatic heterocycles. The number of rotatable bonds is 6. The van der Waals surface area contributed by atoms with Crippen molar-refractivity contribution in [3.63, 3.8) is 0 Å². The lowest BCUT2D eigenvalue weighted by molar-refractivity contribution is 0.189. The maximum Gasteiger partial charge on any atom is 0.127 e. The van der Waals surface area contributed by atoms with Crippen molar-refractivity contribution in [1.82, 2.24) is 5.32 Å². The fourth-order valence-electron chi connectivity index (χ4n) is 1.76. The lowest BCUT2D eigenvalue weighted by atomic mass is 10.1. The second kappa shape index (κ2) is 6.60. The van der Waals surface area contributed by atoms with Crippen molar-refractivity contribution in [3.8, 4) is 5.75 Å². The summed E-state index contributed by atoms with van der Waals surface area (Å²) in [6.07, 6.45) is 2.01. The summed E-state index contributed by atoms with van der Waals surface area (Å²) in [7, 11) is 1.88. The zero-order valence-corrected chi connectivity index (χ0v) is 11.1. The normalized spacial score (nSPS) is 12.8. The van der Waals surface area contributed by atoms with Crippen LogP contribution in [-0.2, 0) is 0 Å². The Morgan fingerprint density at radius 1 is 1.29 bits per heavy atom. The lowest BCUT2D eigenvalue weighted by Gasteiger charge is -2.21. The molecule has 0 saturated carbocycles. The first kappa shape index (κ1) is 14.0. The van der Waals surface area contributed by atoms with E-state index in [4.69, 9.17) is 4.74 Å². The van der Waals surface area contributed by atoms with Crippen LogP contribution in [0.25, 0.3) is 0 Å². The Labute approximate surface area is 103 Å². The second-order valence-corrected chi connectivity index (χ2v) is 4.25. The molecule has 0 aliphatic carbocycles.